The van der Waals surface area contributed by atoms with E-state index in [1.54, 1.807) is 0 Å². The van der Waals surface area contributed by atoms with Crippen LogP contribution in [0.2, 0.25) is 0 Å². The molecule has 0 atom stereocenters. The van der Waals surface area contributed by atoms with Gasteiger partial charge in [-0.25, -0.2) is 15.0 Å². The highest BCUT2D eigenvalue weighted by Gasteiger charge is 2.37. The van der Waals surface area contributed by atoms with E-state index in [0.717, 1.165) is 44.5 Å². The van der Waals surface area contributed by atoms with Gasteiger partial charge in [0.15, 0.2) is 17.5 Å². The summed E-state index contributed by atoms with van der Waals surface area (Å²) in [6.45, 7) is 4.72. The van der Waals surface area contributed by atoms with Crippen LogP contribution in [-0.2, 0) is 5.41 Å². The molecule has 61 heavy (non-hydrogen) atoms. The van der Waals surface area contributed by atoms with Crippen molar-refractivity contribution in [1.82, 2.24) is 19.9 Å². The summed E-state index contributed by atoms with van der Waals surface area (Å²) in [5.41, 5.74) is 17.4. The predicted molar refractivity (Wildman–Crippen MR) is 251 cm³/mol. The molecule has 288 valence electrons. The second-order valence-electron chi connectivity index (χ2n) is 16.3. The Kier molecular flexibility index (Phi) is 8.79. The average Bonchev–Trinajstić information content (AvgIpc) is 3.57. The molecule has 10 aromatic rings. The van der Waals surface area contributed by atoms with Gasteiger partial charge in [-0.05, 0) is 114 Å². The predicted octanol–water partition coefficient (Wildman–Crippen LogP) is 14.4. The maximum Gasteiger partial charge on any atom is 0.164 e. The topological polar surface area (TPSA) is 51.6 Å². The third-order valence-corrected chi connectivity index (χ3v) is 12.2. The number of benzene rings is 8. The molecule has 0 saturated carbocycles. The number of fused-ring (bicyclic) bond motifs is 5. The maximum absolute atomic E-state index is 5.06. The average molecular weight is 781 g/mol. The number of pyridine rings is 1. The van der Waals surface area contributed by atoms with Crippen molar-refractivity contribution in [1.29, 1.82) is 0 Å². The van der Waals surface area contributed by atoms with Crippen molar-refractivity contribution in [2.45, 2.75) is 19.3 Å². The standard InChI is InChI=1S/C57H40N4/c1-57(2)52-28-26-47(36-51(52)50-27-25-39-11-6-7-20-49(39)53(50)57)45-17-9-15-43(34-45)42-14-8-16-44(33-42)46-18-10-19-48(35-46)56-60-54(40-12-4-3-5-13-40)59-55(61-56)41-23-21-37(22-24-41)38-29-31-58-32-30-38/h3-36H,1-2H3. The van der Waals surface area contributed by atoms with Gasteiger partial charge in [0.25, 0.3) is 0 Å². The number of hydrogen-bond acceptors (Lipinski definition) is 4. The first-order chi connectivity index (χ1) is 30.0. The van der Waals surface area contributed by atoms with Crippen molar-refractivity contribution in [3.63, 3.8) is 0 Å². The zero-order chi connectivity index (χ0) is 40.9. The molecule has 4 nitrogen and oxygen atoms in total. The summed E-state index contributed by atoms with van der Waals surface area (Å²) in [6, 6.07) is 69.1. The van der Waals surface area contributed by atoms with Gasteiger partial charge >= 0.3 is 0 Å². The summed E-state index contributed by atoms with van der Waals surface area (Å²) in [5.74, 6) is 1.89. The first-order valence-electron chi connectivity index (χ1n) is 20.8. The second kappa shape index (κ2) is 14.8. The first kappa shape index (κ1) is 36.3. The molecule has 0 unspecified atom stereocenters. The Labute approximate surface area is 356 Å². The molecule has 2 heterocycles. The molecular formula is C57H40N4. The van der Waals surface area contributed by atoms with Crippen LogP contribution in [0.1, 0.15) is 25.0 Å². The quantitative estimate of drug-likeness (QED) is 0.162. The van der Waals surface area contributed by atoms with Crippen LogP contribution in [0.3, 0.4) is 0 Å². The van der Waals surface area contributed by atoms with Crippen LogP contribution in [-0.4, -0.2) is 19.9 Å². The van der Waals surface area contributed by atoms with Gasteiger partial charge < -0.3 is 0 Å². The van der Waals surface area contributed by atoms with Crippen LogP contribution in [0, 0.1) is 0 Å². The zero-order valence-electron chi connectivity index (χ0n) is 33.9. The van der Waals surface area contributed by atoms with Crippen molar-refractivity contribution in [2.75, 3.05) is 0 Å². The minimum absolute atomic E-state index is 0.0763. The van der Waals surface area contributed by atoms with Crippen LogP contribution >= 0.6 is 0 Å². The van der Waals surface area contributed by atoms with E-state index >= 15 is 0 Å². The molecule has 8 aromatic carbocycles. The van der Waals surface area contributed by atoms with Gasteiger partial charge in [-0.1, -0.05) is 172 Å². The monoisotopic (exact) mass is 780 g/mol. The molecule has 0 amide bonds. The fourth-order valence-corrected chi connectivity index (χ4v) is 9.10. The minimum atomic E-state index is -0.0763. The summed E-state index contributed by atoms with van der Waals surface area (Å²) in [4.78, 5) is 19.2. The molecule has 0 radical (unpaired) electrons. The van der Waals surface area contributed by atoms with Crippen molar-refractivity contribution < 1.29 is 0 Å². The maximum atomic E-state index is 5.06. The molecule has 1 aliphatic carbocycles. The third kappa shape index (κ3) is 6.59. The lowest BCUT2D eigenvalue weighted by Gasteiger charge is -2.23. The Balaban J connectivity index is 0.925. The van der Waals surface area contributed by atoms with Crippen molar-refractivity contribution in [3.05, 3.63) is 218 Å². The summed E-state index contributed by atoms with van der Waals surface area (Å²) in [6.07, 6.45) is 3.62. The van der Waals surface area contributed by atoms with E-state index in [9.17, 15) is 0 Å². The SMILES string of the molecule is CC1(C)c2ccc(-c3cccc(-c4cccc(-c5cccc(-c6nc(-c7ccccc7)nc(-c7ccc(-c8ccncc8)cc7)n6)c5)c4)c3)cc2-c2ccc3ccccc3c21. The molecule has 11 rings (SSSR count). The van der Waals surface area contributed by atoms with Crippen molar-refractivity contribution >= 4 is 10.8 Å². The number of hydrogen-bond donors (Lipinski definition) is 0. The van der Waals surface area contributed by atoms with Gasteiger partial charge in [0.2, 0.25) is 0 Å². The van der Waals surface area contributed by atoms with E-state index in [1.807, 2.05) is 54.9 Å². The largest absolute Gasteiger partial charge is 0.265 e. The molecule has 0 N–H and O–H groups in total. The Bertz CT molecular complexity index is 3260. The van der Waals surface area contributed by atoms with Gasteiger partial charge in [0, 0.05) is 34.5 Å². The van der Waals surface area contributed by atoms with Crippen LogP contribution in [0.15, 0.2) is 207 Å². The highest BCUT2D eigenvalue weighted by Crippen LogP contribution is 2.52. The van der Waals surface area contributed by atoms with Crippen molar-refractivity contribution in [2.24, 2.45) is 0 Å². The molecule has 2 aromatic heterocycles. The summed E-state index contributed by atoms with van der Waals surface area (Å²) in [7, 11) is 0. The lowest BCUT2D eigenvalue weighted by Crippen LogP contribution is -2.15. The molecule has 0 spiro atoms. The van der Waals surface area contributed by atoms with Crippen LogP contribution in [0.4, 0.5) is 0 Å². The van der Waals surface area contributed by atoms with Crippen LogP contribution in [0.25, 0.3) is 101 Å². The molecule has 1 aliphatic rings. The van der Waals surface area contributed by atoms with Gasteiger partial charge in [-0.2, -0.15) is 0 Å². The van der Waals surface area contributed by atoms with Gasteiger partial charge in [-0.3, -0.25) is 4.98 Å². The third-order valence-electron chi connectivity index (χ3n) is 12.2. The molecule has 0 saturated heterocycles. The number of nitrogens with zero attached hydrogens (tertiary/aromatic N) is 4. The molecular weight excluding hydrogens is 741 g/mol. The molecule has 0 fully saturated rings. The molecule has 0 aliphatic heterocycles. The number of rotatable bonds is 7. The summed E-state index contributed by atoms with van der Waals surface area (Å²) < 4.78 is 0. The first-order valence-corrected chi connectivity index (χ1v) is 20.8. The van der Waals surface area contributed by atoms with Crippen molar-refractivity contribution in [3.8, 4) is 89.8 Å². The van der Waals surface area contributed by atoms with Gasteiger partial charge in [0.1, 0.15) is 0 Å². The van der Waals surface area contributed by atoms with E-state index in [0.29, 0.717) is 17.5 Å². The van der Waals surface area contributed by atoms with Gasteiger partial charge in [0.05, 0.1) is 0 Å². The number of aromatic nitrogens is 4. The van der Waals surface area contributed by atoms with E-state index < -0.39 is 0 Å². The van der Waals surface area contributed by atoms with E-state index in [-0.39, 0.29) is 5.41 Å². The minimum Gasteiger partial charge on any atom is -0.265 e. The summed E-state index contributed by atoms with van der Waals surface area (Å²) in [5, 5.41) is 2.63. The van der Waals surface area contributed by atoms with Gasteiger partial charge in [-0.15, -0.1) is 0 Å². The fraction of sp³-hybridized carbons (Fsp3) is 0.0526. The highest BCUT2D eigenvalue weighted by molar-refractivity contribution is 5.98. The van der Waals surface area contributed by atoms with E-state index in [4.69, 9.17) is 15.0 Å². The van der Waals surface area contributed by atoms with Crippen LogP contribution < -0.4 is 0 Å². The molecule has 0 bridgehead atoms. The highest BCUT2D eigenvalue weighted by atomic mass is 15.0. The molecule has 4 heteroatoms. The van der Waals surface area contributed by atoms with Crippen LogP contribution in [0.5, 0.6) is 0 Å². The lowest BCUT2D eigenvalue weighted by molar-refractivity contribution is 0.666. The lowest BCUT2D eigenvalue weighted by atomic mass is 9.80. The van der Waals surface area contributed by atoms with E-state index in [1.165, 1.54) is 49.7 Å². The second-order valence-corrected chi connectivity index (χ2v) is 16.3. The smallest absolute Gasteiger partial charge is 0.164 e. The Hall–Kier alpha value is -7.82. The Morgan fingerprint density at radius 3 is 1.43 bits per heavy atom. The summed E-state index contributed by atoms with van der Waals surface area (Å²) >= 11 is 0. The Morgan fingerprint density at radius 1 is 0.328 bits per heavy atom. The normalized spacial score (nSPS) is 12.6. The zero-order valence-corrected chi connectivity index (χ0v) is 33.9. The fourth-order valence-electron chi connectivity index (χ4n) is 9.10. The van der Waals surface area contributed by atoms with E-state index in [2.05, 4.69) is 170 Å². The Morgan fingerprint density at radius 2 is 0.787 bits per heavy atom.